The van der Waals surface area contributed by atoms with Gasteiger partial charge >= 0.3 is 12.4 Å². The first kappa shape index (κ1) is 29.0. The van der Waals surface area contributed by atoms with E-state index in [-0.39, 0.29) is 23.9 Å². The fraction of sp³-hybridized carbons (Fsp3) is 0.310. The van der Waals surface area contributed by atoms with Crippen molar-refractivity contribution in [3.8, 4) is 0 Å². The summed E-state index contributed by atoms with van der Waals surface area (Å²) in [6, 6.07) is 14.3. The Morgan fingerprint density at radius 1 is 0.825 bits per heavy atom. The zero-order chi connectivity index (χ0) is 29.1. The third-order valence-corrected chi connectivity index (χ3v) is 6.77. The number of carbonyl (C=O) groups excluding carboxylic acids is 2. The summed E-state index contributed by atoms with van der Waals surface area (Å²) in [5.41, 5.74) is -2.25. The van der Waals surface area contributed by atoms with Gasteiger partial charge in [-0.15, -0.1) is 0 Å². The van der Waals surface area contributed by atoms with E-state index in [1.54, 1.807) is 6.07 Å². The third-order valence-electron chi connectivity index (χ3n) is 6.77. The second kappa shape index (κ2) is 11.6. The monoisotopic (exact) mass is 563 g/mol. The maximum Gasteiger partial charge on any atom is 0.416 e. The molecule has 3 aromatic carbocycles. The molecular weight excluding hydrogens is 536 g/mol. The van der Waals surface area contributed by atoms with E-state index >= 15 is 0 Å². The molecule has 1 aliphatic rings. The van der Waals surface area contributed by atoms with Crippen molar-refractivity contribution in [1.29, 1.82) is 0 Å². The van der Waals surface area contributed by atoms with Gasteiger partial charge in [0.05, 0.1) is 16.7 Å². The Balaban J connectivity index is 1.63. The maximum atomic E-state index is 13.3. The van der Waals surface area contributed by atoms with E-state index < -0.39 is 40.9 Å². The molecule has 2 N–H and O–H groups in total. The van der Waals surface area contributed by atoms with Crippen LogP contribution in [-0.4, -0.2) is 24.9 Å². The molecule has 4 rings (SSSR count). The molecule has 212 valence electrons. The zero-order valence-corrected chi connectivity index (χ0v) is 21.5. The standard InChI is InChI=1S/C29H27F6N3O2/c1-18-9-11-38(12-10-18)25-8-7-23(16-24(25)27(40)36-17-19-5-3-2-4-6-19)37-26(39)20-13-21(28(30,31)32)15-22(14-20)29(33,34)35/h2-8,13-16,18H,9-12,17H2,1H3,(H,36,40)(H,37,39). The van der Waals surface area contributed by atoms with Crippen LogP contribution in [0.3, 0.4) is 0 Å². The van der Waals surface area contributed by atoms with Crippen molar-refractivity contribution >= 4 is 23.2 Å². The van der Waals surface area contributed by atoms with Gasteiger partial charge in [-0.1, -0.05) is 37.3 Å². The lowest BCUT2D eigenvalue weighted by atomic mass is 9.97. The number of halogens is 6. The molecule has 1 fully saturated rings. The van der Waals surface area contributed by atoms with Crippen molar-refractivity contribution in [2.24, 2.45) is 5.92 Å². The number of piperidine rings is 1. The van der Waals surface area contributed by atoms with Gasteiger partial charge in [0.15, 0.2) is 0 Å². The van der Waals surface area contributed by atoms with Crippen LogP contribution in [0.15, 0.2) is 66.7 Å². The van der Waals surface area contributed by atoms with Gasteiger partial charge in [0.25, 0.3) is 11.8 Å². The predicted octanol–water partition coefficient (Wildman–Crippen LogP) is 7.14. The average Bonchev–Trinajstić information content (AvgIpc) is 2.91. The quantitative estimate of drug-likeness (QED) is 0.314. The van der Waals surface area contributed by atoms with E-state index in [0.717, 1.165) is 18.4 Å². The summed E-state index contributed by atoms with van der Waals surface area (Å²) in [5, 5.41) is 5.19. The summed E-state index contributed by atoms with van der Waals surface area (Å²) in [4.78, 5) is 28.1. The van der Waals surface area contributed by atoms with Crippen LogP contribution in [-0.2, 0) is 18.9 Å². The number of hydrogen-bond acceptors (Lipinski definition) is 3. The molecule has 11 heteroatoms. The van der Waals surface area contributed by atoms with Crippen LogP contribution in [0.25, 0.3) is 0 Å². The molecule has 1 heterocycles. The van der Waals surface area contributed by atoms with Gasteiger partial charge in [-0.2, -0.15) is 26.3 Å². The van der Waals surface area contributed by atoms with Crippen LogP contribution in [0.5, 0.6) is 0 Å². The molecule has 0 spiro atoms. The van der Waals surface area contributed by atoms with Gasteiger partial charge in [-0.05, 0) is 60.7 Å². The lowest BCUT2D eigenvalue weighted by Crippen LogP contribution is -2.35. The smallest absolute Gasteiger partial charge is 0.371 e. The molecule has 1 saturated heterocycles. The van der Waals surface area contributed by atoms with E-state index in [2.05, 4.69) is 17.6 Å². The minimum Gasteiger partial charge on any atom is -0.371 e. The van der Waals surface area contributed by atoms with Gasteiger partial charge in [0.1, 0.15) is 0 Å². The Morgan fingerprint density at radius 3 is 2.00 bits per heavy atom. The normalized spacial score (nSPS) is 14.6. The second-order valence-electron chi connectivity index (χ2n) is 9.82. The highest BCUT2D eigenvalue weighted by Gasteiger charge is 2.37. The number of amides is 2. The molecular formula is C29H27F6N3O2. The van der Waals surface area contributed by atoms with Crippen molar-refractivity contribution < 1.29 is 35.9 Å². The molecule has 1 aliphatic heterocycles. The van der Waals surface area contributed by atoms with E-state index in [0.29, 0.717) is 36.8 Å². The number of nitrogens with zero attached hydrogens (tertiary/aromatic N) is 1. The van der Waals surface area contributed by atoms with Crippen molar-refractivity contribution in [3.63, 3.8) is 0 Å². The molecule has 3 aromatic rings. The lowest BCUT2D eigenvalue weighted by molar-refractivity contribution is -0.143. The number of alkyl halides is 6. The molecule has 0 aliphatic carbocycles. The molecule has 0 bridgehead atoms. The van der Waals surface area contributed by atoms with Crippen LogP contribution >= 0.6 is 0 Å². The van der Waals surface area contributed by atoms with Crippen LogP contribution in [0, 0.1) is 5.92 Å². The first-order valence-corrected chi connectivity index (χ1v) is 12.6. The fourth-order valence-corrected chi connectivity index (χ4v) is 4.48. The van der Waals surface area contributed by atoms with E-state index in [9.17, 15) is 35.9 Å². The van der Waals surface area contributed by atoms with Gasteiger partial charge in [0, 0.05) is 36.6 Å². The molecule has 0 radical (unpaired) electrons. The largest absolute Gasteiger partial charge is 0.416 e. The summed E-state index contributed by atoms with van der Waals surface area (Å²) in [5.74, 6) is -1.09. The highest BCUT2D eigenvalue weighted by atomic mass is 19.4. The fourth-order valence-electron chi connectivity index (χ4n) is 4.48. The van der Waals surface area contributed by atoms with Crippen molar-refractivity contribution in [2.75, 3.05) is 23.3 Å². The minimum atomic E-state index is -5.09. The second-order valence-corrected chi connectivity index (χ2v) is 9.82. The molecule has 0 unspecified atom stereocenters. The van der Waals surface area contributed by atoms with Gasteiger partial charge in [-0.25, -0.2) is 0 Å². The van der Waals surface area contributed by atoms with Crippen molar-refractivity contribution in [1.82, 2.24) is 5.32 Å². The number of rotatable bonds is 6. The summed E-state index contributed by atoms with van der Waals surface area (Å²) in [7, 11) is 0. The van der Waals surface area contributed by atoms with Crippen molar-refractivity contribution in [3.05, 3.63) is 94.5 Å². The van der Waals surface area contributed by atoms with Crippen molar-refractivity contribution in [2.45, 2.75) is 38.7 Å². The van der Waals surface area contributed by atoms with Gasteiger partial charge in [0.2, 0.25) is 0 Å². The average molecular weight is 564 g/mol. The molecule has 5 nitrogen and oxygen atoms in total. The first-order valence-electron chi connectivity index (χ1n) is 12.6. The summed E-state index contributed by atoms with van der Waals surface area (Å²) >= 11 is 0. The number of nitrogens with one attached hydrogen (secondary N) is 2. The van der Waals surface area contributed by atoms with Crippen LogP contribution in [0.4, 0.5) is 37.7 Å². The highest BCUT2D eigenvalue weighted by Crippen LogP contribution is 2.36. The maximum absolute atomic E-state index is 13.3. The molecule has 40 heavy (non-hydrogen) atoms. The third kappa shape index (κ3) is 7.13. The molecule has 0 saturated carbocycles. The minimum absolute atomic E-state index is 0.0414. The summed E-state index contributed by atoms with van der Waals surface area (Å²) in [6.07, 6.45) is -8.34. The Bertz CT molecular complexity index is 1330. The van der Waals surface area contributed by atoms with Gasteiger partial charge < -0.3 is 15.5 Å². The summed E-state index contributed by atoms with van der Waals surface area (Å²) in [6.45, 7) is 3.78. The van der Waals surface area contributed by atoms with E-state index in [1.807, 2.05) is 35.2 Å². The topological polar surface area (TPSA) is 61.4 Å². The first-order chi connectivity index (χ1) is 18.8. The SMILES string of the molecule is CC1CCN(c2ccc(NC(=O)c3cc(C(F)(F)F)cc(C(F)(F)F)c3)cc2C(=O)NCc2ccccc2)CC1. The van der Waals surface area contributed by atoms with Crippen LogP contribution < -0.4 is 15.5 Å². The number of benzene rings is 3. The van der Waals surface area contributed by atoms with Gasteiger partial charge in [-0.3, -0.25) is 9.59 Å². The lowest BCUT2D eigenvalue weighted by Gasteiger charge is -2.33. The Morgan fingerprint density at radius 2 is 1.43 bits per heavy atom. The predicted molar refractivity (Wildman–Crippen MR) is 139 cm³/mol. The van der Waals surface area contributed by atoms with E-state index in [1.165, 1.54) is 12.1 Å². The number of hydrogen-bond donors (Lipinski definition) is 2. The Hall–Kier alpha value is -4.02. The van der Waals surface area contributed by atoms with Crippen LogP contribution in [0.2, 0.25) is 0 Å². The summed E-state index contributed by atoms with van der Waals surface area (Å²) < 4.78 is 79.6. The highest BCUT2D eigenvalue weighted by molar-refractivity contribution is 6.06. The van der Waals surface area contributed by atoms with E-state index in [4.69, 9.17) is 0 Å². The Labute approximate surface area is 227 Å². The Kier molecular flexibility index (Phi) is 8.41. The zero-order valence-electron chi connectivity index (χ0n) is 21.5. The number of anilines is 2. The number of carbonyl (C=O) groups is 2. The molecule has 0 atom stereocenters. The molecule has 2 amide bonds. The molecule has 0 aromatic heterocycles. The van der Waals surface area contributed by atoms with Crippen LogP contribution in [0.1, 0.15) is 57.2 Å².